The highest BCUT2D eigenvalue weighted by molar-refractivity contribution is 7.98. The van der Waals surface area contributed by atoms with Crippen molar-refractivity contribution in [2.75, 3.05) is 12.4 Å². The molecule has 0 spiro atoms. The molecule has 0 radical (unpaired) electrons. The van der Waals surface area contributed by atoms with Crippen molar-refractivity contribution in [3.63, 3.8) is 0 Å². The molecule has 1 aliphatic heterocycles. The zero-order valence-corrected chi connectivity index (χ0v) is 16.1. The zero-order chi connectivity index (χ0) is 19.1. The third kappa shape index (κ3) is 3.10. The Morgan fingerprint density at radius 2 is 2.22 bits per heavy atom. The average molecular weight is 385 g/mol. The van der Waals surface area contributed by atoms with E-state index in [9.17, 15) is 9.59 Å². The quantitative estimate of drug-likeness (QED) is 0.695. The first-order chi connectivity index (χ1) is 13.0. The van der Waals surface area contributed by atoms with Crippen LogP contribution < -0.4 is 15.7 Å². The summed E-state index contributed by atoms with van der Waals surface area (Å²) in [7, 11) is 3.36. The number of carbonyl (C=O) groups is 1. The monoisotopic (exact) mass is 385 g/mol. The van der Waals surface area contributed by atoms with Crippen molar-refractivity contribution < 1.29 is 13.9 Å². The van der Waals surface area contributed by atoms with Gasteiger partial charge < -0.3 is 14.5 Å². The molecular weight excluding hydrogens is 366 g/mol. The van der Waals surface area contributed by atoms with Gasteiger partial charge in [0.15, 0.2) is 0 Å². The third-order valence-electron chi connectivity index (χ3n) is 4.80. The average Bonchev–Trinajstić information content (AvgIpc) is 3.20. The number of thioether (sulfide) groups is 1. The molecular formula is C19H19N3O4S. The maximum absolute atomic E-state index is 12.6. The van der Waals surface area contributed by atoms with Crippen LogP contribution in [0.3, 0.4) is 0 Å². The number of rotatable bonds is 4. The normalized spacial score (nSPS) is 13.0. The van der Waals surface area contributed by atoms with E-state index in [1.54, 1.807) is 35.7 Å². The third-order valence-corrected chi connectivity index (χ3v) is 5.77. The lowest BCUT2D eigenvalue weighted by Gasteiger charge is -2.10. The molecule has 7 nitrogen and oxygen atoms in total. The van der Waals surface area contributed by atoms with Gasteiger partial charge >= 0.3 is 5.63 Å². The minimum atomic E-state index is -0.505. The van der Waals surface area contributed by atoms with Crippen LogP contribution in [-0.4, -0.2) is 22.8 Å². The van der Waals surface area contributed by atoms with E-state index in [4.69, 9.17) is 9.15 Å². The molecule has 0 unspecified atom stereocenters. The molecule has 4 rings (SSSR count). The molecule has 0 fully saturated rings. The first-order valence-corrected chi connectivity index (χ1v) is 9.66. The second kappa shape index (κ2) is 6.77. The molecule has 140 valence electrons. The number of nitrogens with zero attached hydrogens (tertiary/aromatic N) is 2. The van der Waals surface area contributed by atoms with E-state index < -0.39 is 5.63 Å². The van der Waals surface area contributed by atoms with Crippen LogP contribution in [0.1, 0.15) is 22.4 Å². The summed E-state index contributed by atoms with van der Waals surface area (Å²) in [4.78, 5) is 25.1. The maximum atomic E-state index is 12.6. The lowest BCUT2D eigenvalue weighted by Crippen LogP contribution is -2.22. The number of fused-ring (bicyclic) bond motifs is 2. The van der Waals surface area contributed by atoms with Gasteiger partial charge in [0.2, 0.25) is 5.91 Å². The van der Waals surface area contributed by atoms with Crippen LogP contribution in [0.5, 0.6) is 5.75 Å². The first-order valence-electron chi connectivity index (χ1n) is 8.50. The number of aryl methyl sites for hydroxylation is 2. The summed E-state index contributed by atoms with van der Waals surface area (Å²) in [6.07, 6.45) is -0.0523. The number of methoxy groups -OCH3 is 1. The fourth-order valence-electron chi connectivity index (χ4n) is 3.34. The van der Waals surface area contributed by atoms with Crippen LogP contribution in [0.2, 0.25) is 0 Å². The second-order valence-corrected chi connectivity index (χ2v) is 7.46. The standard InChI is InChI=1S/C19H19N3O4S/c1-10-12-5-4-11(25-3)6-16(12)26-19(24)13(10)7-17(23)20-18-14-8-27-9-15(14)21-22(18)2/h4-6H,7-9H2,1-3H3,(H,20,23). The molecule has 0 atom stereocenters. The molecule has 2 aromatic heterocycles. The van der Waals surface area contributed by atoms with Crippen LogP contribution in [-0.2, 0) is 29.8 Å². The highest BCUT2D eigenvalue weighted by Crippen LogP contribution is 2.34. The van der Waals surface area contributed by atoms with Gasteiger partial charge in [0.05, 0.1) is 24.8 Å². The molecule has 0 bridgehead atoms. The number of aromatic nitrogens is 2. The van der Waals surface area contributed by atoms with E-state index in [1.807, 2.05) is 20.0 Å². The van der Waals surface area contributed by atoms with Gasteiger partial charge in [0.1, 0.15) is 17.2 Å². The van der Waals surface area contributed by atoms with E-state index in [0.29, 0.717) is 22.7 Å². The minimum Gasteiger partial charge on any atom is -0.497 e. The zero-order valence-electron chi connectivity index (χ0n) is 15.3. The number of carbonyl (C=O) groups excluding carboxylic acids is 1. The van der Waals surface area contributed by atoms with Crippen molar-refractivity contribution in [3.05, 3.63) is 51.0 Å². The molecule has 27 heavy (non-hydrogen) atoms. The smallest absolute Gasteiger partial charge is 0.340 e. The SMILES string of the molecule is COc1ccc2c(C)c(CC(=O)Nc3c4c(nn3C)CSC4)c(=O)oc2c1. The highest BCUT2D eigenvalue weighted by atomic mass is 32.2. The topological polar surface area (TPSA) is 86.4 Å². The lowest BCUT2D eigenvalue weighted by atomic mass is 10.0. The van der Waals surface area contributed by atoms with Crippen molar-refractivity contribution >= 4 is 34.5 Å². The minimum absolute atomic E-state index is 0.0523. The van der Waals surface area contributed by atoms with Crippen LogP contribution >= 0.6 is 11.8 Å². The summed E-state index contributed by atoms with van der Waals surface area (Å²) in [5.41, 5.74) is 3.11. The Hall–Kier alpha value is -2.74. The maximum Gasteiger partial charge on any atom is 0.340 e. The lowest BCUT2D eigenvalue weighted by molar-refractivity contribution is -0.115. The Morgan fingerprint density at radius 3 is 3.00 bits per heavy atom. The predicted octanol–water partition coefficient (Wildman–Crippen LogP) is 2.77. The van der Waals surface area contributed by atoms with Gasteiger partial charge in [-0.05, 0) is 24.6 Å². The molecule has 1 N–H and O–H groups in total. The highest BCUT2D eigenvalue weighted by Gasteiger charge is 2.23. The van der Waals surface area contributed by atoms with E-state index in [2.05, 4.69) is 10.4 Å². The van der Waals surface area contributed by atoms with Gasteiger partial charge in [-0.2, -0.15) is 16.9 Å². The molecule has 3 heterocycles. The van der Waals surface area contributed by atoms with Gasteiger partial charge in [-0.1, -0.05) is 0 Å². The summed E-state index contributed by atoms with van der Waals surface area (Å²) in [5.74, 6) is 2.74. The van der Waals surface area contributed by atoms with Gasteiger partial charge in [-0.25, -0.2) is 4.79 Å². The Kier molecular flexibility index (Phi) is 4.43. The van der Waals surface area contributed by atoms with Gasteiger partial charge in [-0.15, -0.1) is 0 Å². The fourth-order valence-corrected chi connectivity index (χ4v) is 4.37. The molecule has 0 saturated carbocycles. The Morgan fingerprint density at radius 1 is 1.41 bits per heavy atom. The van der Waals surface area contributed by atoms with Crippen molar-refractivity contribution in [3.8, 4) is 5.75 Å². The largest absolute Gasteiger partial charge is 0.497 e. The second-order valence-electron chi connectivity index (χ2n) is 6.47. The number of benzene rings is 1. The van der Waals surface area contributed by atoms with Gasteiger partial charge in [0.25, 0.3) is 0 Å². The molecule has 1 aliphatic rings. The Labute approximate surface area is 159 Å². The van der Waals surface area contributed by atoms with Crippen molar-refractivity contribution in [2.24, 2.45) is 7.05 Å². The molecule has 0 aliphatic carbocycles. The van der Waals surface area contributed by atoms with E-state index in [-0.39, 0.29) is 12.3 Å². The summed E-state index contributed by atoms with van der Waals surface area (Å²) >= 11 is 1.77. The van der Waals surface area contributed by atoms with Crippen LogP contribution in [0, 0.1) is 6.92 Å². The molecule has 1 aromatic carbocycles. The molecule has 3 aromatic rings. The Bertz CT molecular complexity index is 1120. The predicted molar refractivity (Wildman–Crippen MR) is 104 cm³/mol. The number of nitrogens with one attached hydrogen (secondary N) is 1. The van der Waals surface area contributed by atoms with E-state index in [1.165, 1.54) is 0 Å². The van der Waals surface area contributed by atoms with E-state index in [0.717, 1.165) is 33.7 Å². The van der Waals surface area contributed by atoms with Crippen molar-refractivity contribution in [2.45, 2.75) is 24.9 Å². The number of hydrogen-bond donors (Lipinski definition) is 1. The van der Waals surface area contributed by atoms with Crippen LogP contribution in [0.25, 0.3) is 11.0 Å². The van der Waals surface area contributed by atoms with Gasteiger partial charge in [0, 0.05) is 35.6 Å². The van der Waals surface area contributed by atoms with Crippen LogP contribution in [0.4, 0.5) is 5.82 Å². The number of ether oxygens (including phenoxy) is 1. The molecule has 1 amide bonds. The summed E-state index contributed by atoms with van der Waals surface area (Å²) in [6.45, 7) is 1.83. The van der Waals surface area contributed by atoms with E-state index >= 15 is 0 Å². The molecule has 0 saturated heterocycles. The van der Waals surface area contributed by atoms with Crippen molar-refractivity contribution in [1.82, 2.24) is 9.78 Å². The number of anilines is 1. The summed E-state index contributed by atoms with van der Waals surface area (Å²) < 4.78 is 12.3. The summed E-state index contributed by atoms with van der Waals surface area (Å²) in [5, 5.41) is 8.13. The number of amides is 1. The fraction of sp³-hybridized carbons (Fsp3) is 0.316. The Balaban J connectivity index is 1.63. The number of hydrogen-bond acceptors (Lipinski definition) is 6. The van der Waals surface area contributed by atoms with Crippen molar-refractivity contribution in [1.29, 1.82) is 0 Å². The van der Waals surface area contributed by atoms with Gasteiger partial charge in [-0.3, -0.25) is 9.48 Å². The first kappa shape index (κ1) is 17.7. The summed E-state index contributed by atoms with van der Waals surface area (Å²) in [6, 6.07) is 5.30. The van der Waals surface area contributed by atoms with Crippen LogP contribution in [0.15, 0.2) is 27.4 Å². The molecule has 8 heteroatoms.